The predicted octanol–water partition coefficient (Wildman–Crippen LogP) is 6.67. The van der Waals surface area contributed by atoms with Crippen LogP contribution in [0.25, 0.3) is 31.3 Å². The molecule has 29 heavy (non-hydrogen) atoms. The highest BCUT2D eigenvalue weighted by molar-refractivity contribution is 7.27. The fourth-order valence-corrected chi connectivity index (χ4v) is 5.45. The smallest absolute Gasteiger partial charge is 0.399 e. The minimum atomic E-state index is -0.436. The van der Waals surface area contributed by atoms with Crippen molar-refractivity contribution in [2.75, 3.05) is 0 Å². The molecule has 0 radical (unpaired) electrons. The van der Waals surface area contributed by atoms with Crippen LogP contribution in [0.15, 0.2) is 60.7 Å². The highest BCUT2D eigenvalue weighted by Gasteiger charge is 2.52. The van der Waals surface area contributed by atoms with E-state index < -0.39 is 18.3 Å². The van der Waals surface area contributed by atoms with Crippen molar-refractivity contribution < 1.29 is 9.31 Å². The van der Waals surface area contributed by atoms with Gasteiger partial charge in [-0.2, -0.15) is 0 Å². The van der Waals surface area contributed by atoms with Crippen LogP contribution in [0.2, 0.25) is 5.02 Å². The molecule has 4 aromatic rings. The van der Waals surface area contributed by atoms with Crippen LogP contribution in [0.4, 0.5) is 0 Å². The molecular weight excluding hydrogens is 399 g/mol. The van der Waals surface area contributed by atoms with Gasteiger partial charge in [-0.15, -0.1) is 11.3 Å². The van der Waals surface area contributed by atoms with Crippen LogP contribution in [0.5, 0.6) is 0 Å². The van der Waals surface area contributed by atoms with Crippen molar-refractivity contribution in [1.29, 1.82) is 0 Å². The summed E-state index contributed by atoms with van der Waals surface area (Å²) in [6.07, 6.45) is 0. The lowest BCUT2D eigenvalue weighted by atomic mass is 9.78. The third kappa shape index (κ3) is 3.01. The summed E-state index contributed by atoms with van der Waals surface area (Å²) < 4.78 is 15.1. The van der Waals surface area contributed by atoms with Gasteiger partial charge in [-0.3, -0.25) is 0 Å². The zero-order valence-electron chi connectivity index (χ0n) is 17.0. The first-order valence-electron chi connectivity index (χ1n) is 9.82. The average Bonchev–Trinajstić information content (AvgIpc) is 3.15. The highest BCUT2D eigenvalue weighted by Crippen LogP contribution is 2.42. The molecule has 5 rings (SSSR count). The number of thiophene rings is 1. The number of fused-ring (bicyclic) bond motifs is 3. The lowest BCUT2D eigenvalue weighted by Gasteiger charge is -2.32. The number of benzene rings is 3. The fourth-order valence-electron chi connectivity index (χ4n) is 3.88. The molecule has 146 valence electrons. The summed E-state index contributed by atoms with van der Waals surface area (Å²) in [5, 5.41) is 3.07. The number of rotatable bonds is 2. The van der Waals surface area contributed by atoms with Gasteiger partial charge >= 0.3 is 7.12 Å². The first-order chi connectivity index (χ1) is 13.8. The van der Waals surface area contributed by atoms with Gasteiger partial charge in [-0.25, -0.2) is 0 Å². The summed E-state index contributed by atoms with van der Waals surface area (Å²) in [6, 6.07) is 21.0. The van der Waals surface area contributed by atoms with Gasteiger partial charge in [0.05, 0.1) is 11.2 Å². The Bertz CT molecular complexity index is 1210. The maximum atomic E-state index is 6.55. The summed E-state index contributed by atoms with van der Waals surface area (Å²) >= 11 is 8.34. The third-order valence-electron chi connectivity index (χ3n) is 6.18. The van der Waals surface area contributed by atoms with Gasteiger partial charge in [0.1, 0.15) is 0 Å². The maximum Gasteiger partial charge on any atom is 0.496 e. The van der Waals surface area contributed by atoms with Gasteiger partial charge in [0.2, 0.25) is 0 Å². The molecule has 3 aromatic carbocycles. The first-order valence-corrected chi connectivity index (χ1v) is 11.0. The molecule has 0 atom stereocenters. The molecule has 0 aliphatic carbocycles. The lowest BCUT2D eigenvalue weighted by Crippen LogP contribution is -2.41. The minimum absolute atomic E-state index is 0.391. The van der Waals surface area contributed by atoms with Gasteiger partial charge in [-0.05, 0) is 51.0 Å². The normalized spacial score (nSPS) is 18.0. The lowest BCUT2D eigenvalue weighted by molar-refractivity contribution is 0.00578. The molecule has 1 aliphatic heterocycles. The second kappa shape index (κ2) is 6.58. The molecular formula is C24H22BClO2S. The summed E-state index contributed by atoms with van der Waals surface area (Å²) in [4.78, 5) is 0. The Balaban J connectivity index is 1.75. The fraction of sp³-hybridized carbons (Fsp3) is 0.250. The van der Waals surface area contributed by atoms with Crippen LogP contribution in [-0.4, -0.2) is 18.3 Å². The van der Waals surface area contributed by atoms with Crippen molar-refractivity contribution >= 4 is 55.7 Å². The Morgan fingerprint density at radius 3 is 2.17 bits per heavy atom. The Morgan fingerprint density at radius 2 is 1.48 bits per heavy atom. The van der Waals surface area contributed by atoms with Crippen LogP contribution in [0.1, 0.15) is 27.7 Å². The van der Waals surface area contributed by atoms with E-state index >= 15 is 0 Å². The molecule has 0 spiro atoms. The molecule has 0 bridgehead atoms. The Kier molecular flexibility index (Phi) is 4.34. The third-order valence-corrected chi connectivity index (χ3v) is 7.71. The molecule has 0 N–H and O–H groups in total. The van der Waals surface area contributed by atoms with E-state index in [2.05, 4.69) is 76.2 Å². The summed E-state index contributed by atoms with van der Waals surface area (Å²) in [5.74, 6) is 0. The molecule has 2 nitrogen and oxygen atoms in total. The van der Waals surface area contributed by atoms with Crippen LogP contribution in [-0.2, 0) is 9.31 Å². The molecule has 0 saturated carbocycles. The standard InChI is InChI=1S/C24H22BClO2S/c1-23(2)24(3,4)28-25(27-23)20-14-16(26)13-19-18-12-8-11-17(21(18)29-22(19)20)15-9-6-5-7-10-15/h5-14H,1-4H3. The van der Waals surface area contributed by atoms with Crippen molar-refractivity contribution in [2.45, 2.75) is 38.9 Å². The molecule has 1 saturated heterocycles. The van der Waals surface area contributed by atoms with E-state index in [9.17, 15) is 0 Å². The van der Waals surface area contributed by atoms with Gasteiger partial charge < -0.3 is 9.31 Å². The van der Waals surface area contributed by atoms with E-state index in [0.717, 1.165) is 10.8 Å². The highest BCUT2D eigenvalue weighted by atomic mass is 35.5. The molecule has 1 aliphatic rings. The largest absolute Gasteiger partial charge is 0.496 e. The zero-order valence-corrected chi connectivity index (χ0v) is 18.5. The molecule has 1 fully saturated rings. The quantitative estimate of drug-likeness (QED) is 0.337. The van der Waals surface area contributed by atoms with E-state index in [-0.39, 0.29) is 0 Å². The van der Waals surface area contributed by atoms with Gasteiger partial charge in [0, 0.05) is 30.7 Å². The van der Waals surface area contributed by atoms with E-state index in [1.807, 2.05) is 12.1 Å². The van der Waals surface area contributed by atoms with Crippen LogP contribution in [0.3, 0.4) is 0 Å². The maximum absolute atomic E-state index is 6.55. The minimum Gasteiger partial charge on any atom is -0.399 e. The second-order valence-corrected chi connectivity index (χ2v) is 10.1. The SMILES string of the molecule is CC1(C)OB(c2cc(Cl)cc3c2sc2c(-c4ccccc4)cccc23)OC1(C)C. The Labute approximate surface area is 180 Å². The molecule has 0 amide bonds. The molecule has 1 aromatic heterocycles. The van der Waals surface area contributed by atoms with Crippen LogP contribution in [0, 0.1) is 0 Å². The van der Waals surface area contributed by atoms with Crippen molar-refractivity contribution in [3.63, 3.8) is 0 Å². The monoisotopic (exact) mass is 420 g/mol. The van der Waals surface area contributed by atoms with Crippen molar-refractivity contribution in [3.8, 4) is 11.1 Å². The number of halogens is 1. The molecule has 0 unspecified atom stereocenters. The van der Waals surface area contributed by atoms with Gasteiger partial charge in [0.25, 0.3) is 0 Å². The van der Waals surface area contributed by atoms with E-state index in [4.69, 9.17) is 20.9 Å². The summed E-state index contributed by atoms with van der Waals surface area (Å²) in [7, 11) is -0.436. The van der Waals surface area contributed by atoms with Crippen molar-refractivity contribution in [3.05, 3.63) is 65.7 Å². The summed E-state index contributed by atoms with van der Waals surface area (Å²) in [6.45, 7) is 8.31. The number of hydrogen-bond acceptors (Lipinski definition) is 3. The van der Waals surface area contributed by atoms with Crippen molar-refractivity contribution in [1.82, 2.24) is 0 Å². The zero-order chi connectivity index (χ0) is 20.4. The first kappa shape index (κ1) is 19.1. The summed E-state index contributed by atoms with van der Waals surface area (Å²) in [5.41, 5.74) is 2.68. The topological polar surface area (TPSA) is 18.5 Å². The van der Waals surface area contributed by atoms with Crippen molar-refractivity contribution in [2.24, 2.45) is 0 Å². The van der Waals surface area contributed by atoms with Gasteiger partial charge in [0.15, 0.2) is 0 Å². The Morgan fingerprint density at radius 1 is 0.793 bits per heavy atom. The Hall–Kier alpha value is -1.85. The average molecular weight is 421 g/mol. The van der Waals surface area contributed by atoms with E-state index in [1.54, 1.807) is 11.3 Å². The van der Waals surface area contributed by atoms with Gasteiger partial charge in [-0.1, -0.05) is 60.1 Å². The number of hydrogen-bond donors (Lipinski definition) is 0. The predicted molar refractivity (Wildman–Crippen MR) is 125 cm³/mol. The van der Waals surface area contributed by atoms with Crippen LogP contribution >= 0.6 is 22.9 Å². The molecule has 5 heteroatoms. The van der Waals surface area contributed by atoms with Crippen LogP contribution < -0.4 is 5.46 Å². The second-order valence-electron chi connectivity index (χ2n) is 8.61. The van der Waals surface area contributed by atoms with E-state index in [0.29, 0.717) is 5.02 Å². The molecule has 2 heterocycles. The van der Waals surface area contributed by atoms with E-state index in [1.165, 1.54) is 25.9 Å².